The number of hydrogen-bond donors (Lipinski definition) is 1. The Morgan fingerprint density at radius 2 is 2.09 bits per heavy atom. The highest BCUT2D eigenvalue weighted by Crippen LogP contribution is 2.22. The third kappa shape index (κ3) is 3.63. The number of thiazole rings is 1. The van der Waals surface area contributed by atoms with Gasteiger partial charge in [-0.25, -0.2) is 9.37 Å². The number of nitrogens with zero attached hydrogens (tertiary/aromatic N) is 3. The lowest BCUT2D eigenvalue weighted by Crippen LogP contribution is -2.48. The Hall–Kier alpha value is -1.70. The van der Waals surface area contributed by atoms with Crippen molar-refractivity contribution in [1.82, 2.24) is 14.8 Å². The number of carbonyl (C=O) groups excluding carboxylic acids is 1. The molecule has 122 valence electrons. The topological polar surface area (TPSA) is 62.5 Å². The van der Waals surface area contributed by atoms with E-state index in [0.29, 0.717) is 18.2 Å². The summed E-state index contributed by atoms with van der Waals surface area (Å²) < 4.78 is 13.9. The molecule has 1 aromatic heterocycles. The molecule has 2 heterocycles. The van der Waals surface area contributed by atoms with E-state index in [-0.39, 0.29) is 16.5 Å². The first-order chi connectivity index (χ1) is 11.0. The molecule has 0 saturated carbocycles. The first-order valence-electron chi connectivity index (χ1n) is 7.20. The number of piperazine rings is 1. The summed E-state index contributed by atoms with van der Waals surface area (Å²) >= 11 is 7.43. The van der Waals surface area contributed by atoms with Crippen LogP contribution in [0.3, 0.4) is 0 Å². The number of carbonyl (C=O) groups is 1. The standard InChI is InChI=1S/C15H16ClFN4OS/c16-11-2-1-3-12(17)13(11)14(22)21-6-4-20(5-7-21)9-10-8-19-15(18)23-10/h1-3,8H,4-7,9H2,(H2,18,19). The largest absolute Gasteiger partial charge is 0.375 e. The summed E-state index contributed by atoms with van der Waals surface area (Å²) in [5, 5.41) is 0.709. The minimum atomic E-state index is -0.579. The Labute approximate surface area is 142 Å². The van der Waals surface area contributed by atoms with Crippen LogP contribution in [-0.4, -0.2) is 46.9 Å². The van der Waals surface area contributed by atoms with Crippen LogP contribution in [0.5, 0.6) is 0 Å². The summed E-state index contributed by atoms with van der Waals surface area (Å²) in [7, 11) is 0. The normalized spacial score (nSPS) is 15.8. The summed E-state index contributed by atoms with van der Waals surface area (Å²) in [6.07, 6.45) is 1.77. The number of benzene rings is 1. The molecule has 0 aliphatic carbocycles. The second-order valence-electron chi connectivity index (χ2n) is 5.33. The van der Waals surface area contributed by atoms with E-state index >= 15 is 0 Å². The molecule has 0 radical (unpaired) electrons. The van der Waals surface area contributed by atoms with Gasteiger partial charge in [0.2, 0.25) is 0 Å². The molecule has 0 unspecified atom stereocenters. The van der Waals surface area contributed by atoms with Crippen LogP contribution in [0.1, 0.15) is 15.2 Å². The van der Waals surface area contributed by atoms with Crippen LogP contribution < -0.4 is 5.73 Å². The molecule has 1 fully saturated rings. The van der Waals surface area contributed by atoms with Crippen molar-refractivity contribution in [3.8, 4) is 0 Å². The van der Waals surface area contributed by atoms with Gasteiger partial charge in [0.05, 0.1) is 10.6 Å². The van der Waals surface area contributed by atoms with Crippen LogP contribution >= 0.6 is 22.9 Å². The van der Waals surface area contributed by atoms with Crippen molar-refractivity contribution < 1.29 is 9.18 Å². The van der Waals surface area contributed by atoms with Gasteiger partial charge < -0.3 is 10.6 Å². The molecule has 1 aliphatic rings. The van der Waals surface area contributed by atoms with E-state index in [1.165, 1.54) is 29.5 Å². The maximum absolute atomic E-state index is 13.9. The highest BCUT2D eigenvalue weighted by molar-refractivity contribution is 7.15. The number of nitrogens with two attached hydrogens (primary N) is 1. The van der Waals surface area contributed by atoms with E-state index in [0.717, 1.165) is 24.5 Å². The fraction of sp³-hybridized carbons (Fsp3) is 0.333. The number of rotatable bonds is 3. The summed E-state index contributed by atoms with van der Waals surface area (Å²) in [5.74, 6) is -0.931. The van der Waals surface area contributed by atoms with E-state index in [1.807, 2.05) is 0 Å². The zero-order chi connectivity index (χ0) is 16.4. The van der Waals surface area contributed by atoms with Gasteiger partial charge in [-0.1, -0.05) is 17.7 Å². The Bertz CT molecular complexity index is 695. The van der Waals surface area contributed by atoms with E-state index in [2.05, 4.69) is 9.88 Å². The van der Waals surface area contributed by atoms with Crippen LogP contribution in [0.15, 0.2) is 24.4 Å². The van der Waals surface area contributed by atoms with Crippen molar-refractivity contribution in [1.29, 1.82) is 0 Å². The van der Waals surface area contributed by atoms with Gasteiger partial charge in [-0.3, -0.25) is 9.69 Å². The number of amides is 1. The number of hydrogen-bond acceptors (Lipinski definition) is 5. The van der Waals surface area contributed by atoms with E-state index in [9.17, 15) is 9.18 Å². The Balaban J connectivity index is 1.61. The van der Waals surface area contributed by atoms with Crippen LogP contribution in [0.4, 0.5) is 9.52 Å². The fourth-order valence-corrected chi connectivity index (χ4v) is 3.56. The number of halogens is 2. The third-order valence-electron chi connectivity index (χ3n) is 3.79. The predicted octanol–water partition coefficient (Wildman–Crippen LogP) is 2.48. The highest BCUT2D eigenvalue weighted by Gasteiger charge is 2.26. The lowest BCUT2D eigenvalue weighted by atomic mass is 10.1. The van der Waals surface area contributed by atoms with Crippen molar-refractivity contribution in [3.63, 3.8) is 0 Å². The van der Waals surface area contributed by atoms with Gasteiger partial charge in [-0.15, -0.1) is 11.3 Å². The lowest BCUT2D eigenvalue weighted by Gasteiger charge is -2.34. The zero-order valence-electron chi connectivity index (χ0n) is 12.3. The molecule has 3 rings (SSSR count). The third-order valence-corrected chi connectivity index (χ3v) is 4.91. The smallest absolute Gasteiger partial charge is 0.258 e. The van der Waals surface area contributed by atoms with Crippen molar-refractivity contribution in [3.05, 3.63) is 45.7 Å². The fourth-order valence-electron chi connectivity index (χ4n) is 2.59. The van der Waals surface area contributed by atoms with Crippen molar-refractivity contribution in [2.45, 2.75) is 6.54 Å². The summed E-state index contributed by atoms with van der Waals surface area (Å²) in [5.41, 5.74) is 5.58. The molecule has 8 heteroatoms. The van der Waals surface area contributed by atoms with E-state index < -0.39 is 5.82 Å². The first kappa shape index (κ1) is 16.2. The Morgan fingerprint density at radius 3 is 2.70 bits per heavy atom. The van der Waals surface area contributed by atoms with Crippen LogP contribution in [0, 0.1) is 5.82 Å². The maximum atomic E-state index is 13.9. The van der Waals surface area contributed by atoms with Gasteiger partial charge >= 0.3 is 0 Å². The summed E-state index contributed by atoms with van der Waals surface area (Å²) in [6.45, 7) is 3.28. The van der Waals surface area contributed by atoms with Gasteiger partial charge in [0.25, 0.3) is 5.91 Å². The second-order valence-corrected chi connectivity index (χ2v) is 6.88. The molecule has 1 aromatic carbocycles. The molecule has 23 heavy (non-hydrogen) atoms. The minimum absolute atomic E-state index is 0.0437. The molecule has 1 saturated heterocycles. The Morgan fingerprint density at radius 1 is 1.35 bits per heavy atom. The average molecular weight is 355 g/mol. The summed E-state index contributed by atoms with van der Waals surface area (Å²) in [6, 6.07) is 4.28. The quantitative estimate of drug-likeness (QED) is 0.919. The monoisotopic (exact) mass is 354 g/mol. The van der Waals surface area contributed by atoms with E-state index in [4.69, 9.17) is 17.3 Å². The van der Waals surface area contributed by atoms with E-state index in [1.54, 1.807) is 11.1 Å². The molecule has 0 bridgehead atoms. The van der Waals surface area contributed by atoms with Crippen LogP contribution in [-0.2, 0) is 6.54 Å². The molecule has 1 amide bonds. The second kappa shape index (κ2) is 6.82. The van der Waals surface area contributed by atoms with Crippen LogP contribution in [0.2, 0.25) is 5.02 Å². The number of nitrogen functional groups attached to an aromatic ring is 1. The summed E-state index contributed by atoms with van der Waals surface area (Å²) in [4.78, 5) is 21.5. The average Bonchev–Trinajstić information content (AvgIpc) is 2.93. The van der Waals surface area contributed by atoms with Crippen molar-refractivity contribution in [2.75, 3.05) is 31.9 Å². The first-order valence-corrected chi connectivity index (χ1v) is 8.40. The van der Waals surface area contributed by atoms with Gasteiger partial charge in [-0.2, -0.15) is 0 Å². The number of aromatic nitrogens is 1. The van der Waals surface area contributed by atoms with Crippen LogP contribution in [0.25, 0.3) is 0 Å². The zero-order valence-corrected chi connectivity index (χ0v) is 13.9. The molecular weight excluding hydrogens is 339 g/mol. The maximum Gasteiger partial charge on any atom is 0.258 e. The molecular formula is C15H16ClFN4OS. The molecule has 0 spiro atoms. The molecule has 0 atom stereocenters. The van der Waals surface area contributed by atoms with Gasteiger partial charge in [0.15, 0.2) is 5.13 Å². The number of anilines is 1. The molecule has 2 N–H and O–H groups in total. The molecule has 2 aromatic rings. The molecule has 1 aliphatic heterocycles. The minimum Gasteiger partial charge on any atom is -0.375 e. The predicted molar refractivity (Wildman–Crippen MR) is 89.1 cm³/mol. The lowest BCUT2D eigenvalue weighted by molar-refractivity contribution is 0.0625. The highest BCUT2D eigenvalue weighted by atomic mass is 35.5. The van der Waals surface area contributed by atoms with Crippen molar-refractivity contribution >= 4 is 34.0 Å². The van der Waals surface area contributed by atoms with Crippen molar-refractivity contribution in [2.24, 2.45) is 0 Å². The van der Waals surface area contributed by atoms with Gasteiger partial charge in [-0.05, 0) is 12.1 Å². The van der Waals surface area contributed by atoms with Gasteiger partial charge in [0, 0.05) is 43.8 Å². The SMILES string of the molecule is Nc1ncc(CN2CCN(C(=O)c3c(F)cccc3Cl)CC2)s1. The molecule has 5 nitrogen and oxygen atoms in total. The van der Waals surface area contributed by atoms with Gasteiger partial charge in [0.1, 0.15) is 5.82 Å². The Kier molecular flexibility index (Phi) is 4.79.